The highest BCUT2D eigenvalue weighted by molar-refractivity contribution is 6.04. The van der Waals surface area contributed by atoms with Crippen molar-refractivity contribution in [2.24, 2.45) is 5.92 Å². The molecule has 3 aromatic carbocycles. The van der Waals surface area contributed by atoms with Crippen LogP contribution in [0.2, 0.25) is 0 Å². The first-order valence-electron chi connectivity index (χ1n) is 14.0. The van der Waals surface area contributed by atoms with Crippen LogP contribution in [0, 0.1) is 5.92 Å². The third-order valence-electron chi connectivity index (χ3n) is 7.40. The highest BCUT2D eigenvalue weighted by Gasteiger charge is 2.35. The fraction of sp³-hybridized carbons (Fsp3) is 0.323. The van der Waals surface area contributed by atoms with E-state index in [1.54, 1.807) is 79.5 Å². The number of anilines is 3. The van der Waals surface area contributed by atoms with Gasteiger partial charge in [-0.15, -0.1) is 0 Å². The second-order valence-corrected chi connectivity index (χ2v) is 10.6. The molecule has 0 spiro atoms. The largest absolute Gasteiger partial charge is 0.485 e. The van der Waals surface area contributed by atoms with Crippen molar-refractivity contribution in [2.45, 2.75) is 26.0 Å². The van der Waals surface area contributed by atoms with Crippen molar-refractivity contribution in [1.82, 2.24) is 9.80 Å². The summed E-state index contributed by atoms with van der Waals surface area (Å²) in [6, 6.07) is 17.7. The maximum absolute atomic E-state index is 13.7. The molecular formula is C31H35N5O7. The zero-order valence-corrected chi connectivity index (χ0v) is 24.2. The third kappa shape index (κ3) is 6.75. The molecule has 0 fully saturated rings. The van der Waals surface area contributed by atoms with Crippen molar-refractivity contribution in [3.63, 3.8) is 0 Å². The van der Waals surface area contributed by atoms with Crippen LogP contribution >= 0.6 is 0 Å². The molecule has 12 heteroatoms. The molecule has 0 aliphatic carbocycles. The summed E-state index contributed by atoms with van der Waals surface area (Å²) in [5.74, 6) is 0.765. The van der Waals surface area contributed by atoms with Gasteiger partial charge in [-0.25, -0.2) is 9.59 Å². The van der Waals surface area contributed by atoms with E-state index in [0.29, 0.717) is 28.6 Å². The van der Waals surface area contributed by atoms with Gasteiger partial charge in [0.1, 0.15) is 6.10 Å². The Morgan fingerprint density at radius 1 is 1.00 bits per heavy atom. The average Bonchev–Trinajstić information content (AvgIpc) is 3.47. The summed E-state index contributed by atoms with van der Waals surface area (Å²) >= 11 is 0. The quantitative estimate of drug-likeness (QED) is 0.319. The van der Waals surface area contributed by atoms with Crippen LogP contribution in [0.3, 0.4) is 0 Å². The van der Waals surface area contributed by atoms with Gasteiger partial charge in [0.2, 0.25) is 6.79 Å². The Balaban J connectivity index is 1.39. The van der Waals surface area contributed by atoms with Crippen LogP contribution in [0.5, 0.6) is 17.2 Å². The summed E-state index contributed by atoms with van der Waals surface area (Å²) in [7, 11) is 1.65. The van der Waals surface area contributed by atoms with E-state index >= 15 is 0 Å². The molecule has 0 aromatic heterocycles. The number of carbonyl (C=O) groups excluding carboxylic acids is 3. The number of hydrogen-bond donors (Lipinski definition) is 4. The number of urea groups is 2. The number of para-hydroxylation sites is 2. The summed E-state index contributed by atoms with van der Waals surface area (Å²) in [6.07, 6.45) is -0.576. The molecule has 3 aromatic rings. The first-order valence-corrected chi connectivity index (χ1v) is 14.0. The number of nitrogens with zero attached hydrogens (tertiary/aromatic N) is 2. The van der Waals surface area contributed by atoms with Gasteiger partial charge in [-0.2, -0.15) is 0 Å². The highest BCUT2D eigenvalue weighted by Crippen LogP contribution is 2.36. The van der Waals surface area contributed by atoms with Crippen molar-refractivity contribution < 1.29 is 33.7 Å². The van der Waals surface area contributed by atoms with Crippen LogP contribution < -0.4 is 30.2 Å². The number of likely N-dealkylation sites (N-methyl/N-ethyl adjacent to an activating group) is 1. The van der Waals surface area contributed by atoms with Crippen LogP contribution in [0.15, 0.2) is 66.7 Å². The predicted molar refractivity (Wildman–Crippen MR) is 161 cm³/mol. The third-order valence-corrected chi connectivity index (χ3v) is 7.40. The van der Waals surface area contributed by atoms with Crippen molar-refractivity contribution in [3.05, 3.63) is 72.3 Å². The minimum atomic E-state index is -0.576. The lowest BCUT2D eigenvalue weighted by molar-refractivity contribution is 0.0373. The molecule has 5 rings (SSSR count). The van der Waals surface area contributed by atoms with E-state index in [-0.39, 0.29) is 55.7 Å². The van der Waals surface area contributed by atoms with Crippen molar-refractivity contribution in [1.29, 1.82) is 0 Å². The molecule has 0 saturated heterocycles. The van der Waals surface area contributed by atoms with Crippen LogP contribution in [0.1, 0.15) is 24.2 Å². The molecule has 5 amide bonds. The standard InChI is InChI=1S/C31H35N5O7/c1-19-15-36(20(2)17-37)29(38)23-10-7-11-24(34-30(39)32-21-8-5-4-6-9-21)28(23)43-27(19)16-35(3)31(40)33-22-12-13-25-26(14-22)42-18-41-25/h4-14,19-20,27,37H,15-18H2,1-3H3,(H,33,40)(H2,32,34,39)/t19-,20+,27+/m0/s1. The van der Waals surface area contributed by atoms with Crippen molar-refractivity contribution in [2.75, 3.05) is 49.5 Å². The van der Waals surface area contributed by atoms with Crippen LogP contribution in [-0.2, 0) is 0 Å². The van der Waals surface area contributed by atoms with Crippen LogP contribution in [-0.4, -0.2) is 78.6 Å². The summed E-state index contributed by atoms with van der Waals surface area (Å²) in [5.41, 5.74) is 1.67. The minimum absolute atomic E-state index is 0.129. The van der Waals surface area contributed by atoms with Crippen molar-refractivity contribution in [3.8, 4) is 17.2 Å². The van der Waals surface area contributed by atoms with E-state index in [1.165, 1.54) is 4.90 Å². The summed E-state index contributed by atoms with van der Waals surface area (Å²) < 4.78 is 17.2. The Morgan fingerprint density at radius 2 is 1.77 bits per heavy atom. The van der Waals surface area contributed by atoms with E-state index < -0.39 is 18.2 Å². The molecule has 2 heterocycles. The SMILES string of the molecule is C[C@H](CO)N1C[C@H](C)[C@@H](CN(C)C(=O)Nc2ccc3c(c2)OCO3)Oc2c(NC(=O)Nc3ccccc3)cccc2C1=O. The maximum Gasteiger partial charge on any atom is 0.323 e. The van der Waals surface area contributed by atoms with E-state index in [0.717, 1.165) is 0 Å². The van der Waals surface area contributed by atoms with Crippen LogP contribution in [0.25, 0.3) is 0 Å². The topological polar surface area (TPSA) is 142 Å². The van der Waals surface area contributed by atoms with Gasteiger partial charge in [-0.1, -0.05) is 31.2 Å². The van der Waals surface area contributed by atoms with Gasteiger partial charge in [0, 0.05) is 37.0 Å². The summed E-state index contributed by atoms with van der Waals surface area (Å²) in [6.45, 7) is 4.04. The molecule has 12 nitrogen and oxygen atoms in total. The molecule has 2 aliphatic heterocycles. The number of aliphatic hydroxyl groups excluding tert-OH is 1. The predicted octanol–water partition coefficient (Wildman–Crippen LogP) is 4.44. The number of benzene rings is 3. The molecule has 0 saturated carbocycles. The Morgan fingerprint density at radius 3 is 2.53 bits per heavy atom. The fourth-order valence-corrected chi connectivity index (χ4v) is 4.91. The zero-order chi connectivity index (χ0) is 30.5. The van der Waals surface area contributed by atoms with Gasteiger partial charge in [-0.05, 0) is 43.3 Å². The van der Waals surface area contributed by atoms with Crippen molar-refractivity contribution >= 4 is 35.0 Å². The number of carbonyl (C=O) groups is 3. The number of amides is 5. The number of rotatable bonds is 7. The lowest BCUT2D eigenvalue weighted by atomic mass is 9.99. The Labute approximate surface area is 249 Å². The average molecular weight is 590 g/mol. The van der Waals surface area contributed by atoms with Gasteiger partial charge >= 0.3 is 12.1 Å². The molecule has 0 radical (unpaired) electrons. The molecule has 43 heavy (non-hydrogen) atoms. The van der Waals surface area contributed by atoms with E-state index in [2.05, 4.69) is 16.0 Å². The zero-order valence-electron chi connectivity index (χ0n) is 24.2. The van der Waals surface area contributed by atoms with Gasteiger partial charge in [0.15, 0.2) is 17.2 Å². The fourth-order valence-electron chi connectivity index (χ4n) is 4.91. The molecule has 2 aliphatic rings. The number of ether oxygens (including phenoxy) is 3. The smallest absolute Gasteiger partial charge is 0.323 e. The van der Waals surface area contributed by atoms with E-state index in [1.807, 2.05) is 13.0 Å². The van der Waals surface area contributed by atoms with E-state index in [4.69, 9.17) is 14.2 Å². The molecular weight excluding hydrogens is 554 g/mol. The number of aliphatic hydroxyl groups is 1. The van der Waals surface area contributed by atoms with Gasteiger partial charge < -0.3 is 45.1 Å². The number of hydrogen-bond acceptors (Lipinski definition) is 7. The summed E-state index contributed by atoms with van der Waals surface area (Å²) in [5, 5.41) is 18.4. The van der Waals surface area contributed by atoms with Gasteiger partial charge in [0.05, 0.1) is 30.4 Å². The molecule has 226 valence electrons. The minimum Gasteiger partial charge on any atom is -0.485 e. The van der Waals surface area contributed by atoms with Gasteiger partial charge in [0.25, 0.3) is 5.91 Å². The lowest BCUT2D eigenvalue weighted by Crippen LogP contribution is -2.50. The normalized spacial score (nSPS) is 18.0. The molecule has 0 bridgehead atoms. The Bertz CT molecular complexity index is 1480. The first-order chi connectivity index (χ1) is 20.7. The second-order valence-electron chi connectivity index (χ2n) is 10.6. The second kappa shape index (κ2) is 12.9. The maximum atomic E-state index is 13.7. The van der Waals surface area contributed by atoms with E-state index in [9.17, 15) is 19.5 Å². The number of nitrogens with one attached hydrogen (secondary N) is 3. The molecule has 0 unspecified atom stereocenters. The highest BCUT2D eigenvalue weighted by atomic mass is 16.7. The number of fused-ring (bicyclic) bond motifs is 2. The van der Waals surface area contributed by atoms with Gasteiger partial charge in [-0.3, -0.25) is 4.79 Å². The Hall–Kier alpha value is -4.97. The lowest BCUT2D eigenvalue weighted by Gasteiger charge is -2.38. The summed E-state index contributed by atoms with van der Waals surface area (Å²) in [4.78, 5) is 42.9. The Kier molecular flexibility index (Phi) is 8.86. The van der Waals surface area contributed by atoms with Crippen LogP contribution in [0.4, 0.5) is 26.7 Å². The monoisotopic (exact) mass is 589 g/mol. The molecule has 3 atom stereocenters. The first kappa shape index (κ1) is 29.5. The molecule has 4 N–H and O–H groups in total.